The summed E-state index contributed by atoms with van der Waals surface area (Å²) in [6.07, 6.45) is 0. The van der Waals surface area contributed by atoms with E-state index < -0.39 is 0 Å². The van der Waals surface area contributed by atoms with Crippen LogP contribution in [-0.2, 0) is 5.75 Å². The predicted molar refractivity (Wildman–Crippen MR) is 50.6 cm³/mol. The van der Waals surface area contributed by atoms with Gasteiger partial charge in [0.25, 0.3) is 0 Å². The summed E-state index contributed by atoms with van der Waals surface area (Å²) in [4.78, 5) is 4.18. The first-order valence-electron chi connectivity index (χ1n) is 3.61. The minimum Gasteiger partial charge on any atom is -0.263 e. The number of nitrogens with zero attached hydrogens (tertiary/aromatic N) is 4. The molecule has 7 heteroatoms. The van der Waals surface area contributed by atoms with Crippen molar-refractivity contribution in [1.29, 1.82) is 0 Å². The molecule has 0 unspecified atom stereocenters. The van der Waals surface area contributed by atoms with Crippen LogP contribution < -0.4 is 0 Å². The molecule has 2 aromatic heterocycles. The molecule has 13 heavy (non-hydrogen) atoms. The van der Waals surface area contributed by atoms with Crippen molar-refractivity contribution in [2.45, 2.75) is 17.0 Å². The van der Waals surface area contributed by atoms with Gasteiger partial charge in [-0.05, 0) is 6.92 Å². The standard InChI is InChI=1S/C6H7N5S2/c1-4-8-5(10-9-4)2-12-6-11-7-3-13-6/h3H,2H2,1H3,(H,8,9,10). The van der Waals surface area contributed by atoms with Gasteiger partial charge < -0.3 is 0 Å². The molecule has 0 radical (unpaired) electrons. The number of aromatic amines is 1. The van der Waals surface area contributed by atoms with Crippen molar-refractivity contribution < 1.29 is 0 Å². The Bertz CT molecular complexity index is 368. The first kappa shape index (κ1) is 8.64. The van der Waals surface area contributed by atoms with Gasteiger partial charge in [-0.3, -0.25) is 5.10 Å². The Morgan fingerprint density at radius 3 is 3.15 bits per heavy atom. The zero-order valence-corrected chi connectivity index (χ0v) is 8.52. The van der Waals surface area contributed by atoms with E-state index in [1.165, 1.54) is 11.3 Å². The molecule has 1 N–H and O–H groups in total. The molecule has 0 saturated carbocycles. The fourth-order valence-electron chi connectivity index (χ4n) is 0.806. The molecule has 0 fully saturated rings. The summed E-state index contributed by atoms with van der Waals surface area (Å²) >= 11 is 3.12. The van der Waals surface area contributed by atoms with Crippen molar-refractivity contribution in [3.05, 3.63) is 17.2 Å². The summed E-state index contributed by atoms with van der Waals surface area (Å²) in [6, 6.07) is 0. The number of hydrogen-bond donors (Lipinski definition) is 1. The first-order chi connectivity index (χ1) is 6.34. The van der Waals surface area contributed by atoms with Gasteiger partial charge >= 0.3 is 0 Å². The smallest absolute Gasteiger partial charge is 0.174 e. The van der Waals surface area contributed by atoms with E-state index >= 15 is 0 Å². The van der Waals surface area contributed by atoms with E-state index in [1.807, 2.05) is 6.92 Å². The van der Waals surface area contributed by atoms with Gasteiger partial charge in [0, 0.05) is 0 Å². The molecular weight excluding hydrogens is 206 g/mol. The molecule has 0 bridgehead atoms. The number of hydrogen-bond acceptors (Lipinski definition) is 6. The summed E-state index contributed by atoms with van der Waals surface area (Å²) in [6.45, 7) is 1.88. The van der Waals surface area contributed by atoms with Crippen LogP contribution in [0.5, 0.6) is 0 Å². The average Bonchev–Trinajstić information content (AvgIpc) is 2.71. The van der Waals surface area contributed by atoms with Crippen molar-refractivity contribution >= 4 is 23.1 Å². The highest BCUT2D eigenvalue weighted by Crippen LogP contribution is 2.21. The SMILES string of the molecule is Cc1nc(CSc2nncs2)n[nH]1. The van der Waals surface area contributed by atoms with Crippen LogP contribution in [0, 0.1) is 6.92 Å². The molecule has 2 rings (SSSR count). The van der Waals surface area contributed by atoms with Gasteiger partial charge in [0.05, 0.1) is 5.75 Å². The van der Waals surface area contributed by atoms with Crippen LogP contribution >= 0.6 is 23.1 Å². The van der Waals surface area contributed by atoms with Gasteiger partial charge in [-0.25, -0.2) is 4.98 Å². The maximum absolute atomic E-state index is 4.18. The number of rotatable bonds is 3. The highest BCUT2D eigenvalue weighted by molar-refractivity contribution is 8.00. The summed E-state index contributed by atoms with van der Waals surface area (Å²) in [5, 5.41) is 14.4. The summed E-state index contributed by atoms with van der Waals surface area (Å²) in [7, 11) is 0. The van der Waals surface area contributed by atoms with E-state index in [1.54, 1.807) is 17.3 Å². The second-order valence-corrected chi connectivity index (χ2v) is 4.39. The van der Waals surface area contributed by atoms with Crippen molar-refractivity contribution in [2.24, 2.45) is 0 Å². The topological polar surface area (TPSA) is 67.3 Å². The highest BCUT2D eigenvalue weighted by Gasteiger charge is 2.02. The minimum absolute atomic E-state index is 0.736. The van der Waals surface area contributed by atoms with Gasteiger partial charge in [0.1, 0.15) is 11.3 Å². The number of aromatic nitrogens is 5. The summed E-state index contributed by atoms with van der Waals surface area (Å²) in [5.74, 6) is 2.38. The lowest BCUT2D eigenvalue weighted by Gasteiger charge is -1.89. The molecule has 0 amide bonds. The van der Waals surface area contributed by atoms with Gasteiger partial charge in [0.2, 0.25) is 0 Å². The third-order valence-corrected chi connectivity index (χ3v) is 3.16. The van der Waals surface area contributed by atoms with E-state index in [-0.39, 0.29) is 0 Å². The lowest BCUT2D eigenvalue weighted by Crippen LogP contribution is -1.83. The van der Waals surface area contributed by atoms with Crippen molar-refractivity contribution in [2.75, 3.05) is 0 Å². The minimum atomic E-state index is 0.736. The molecule has 0 spiro atoms. The normalized spacial score (nSPS) is 10.5. The average molecular weight is 213 g/mol. The van der Waals surface area contributed by atoms with Crippen LogP contribution in [0.2, 0.25) is 0 Å². The summed E-state index contributed by atoms with van der Waals surface area (Å²) < 4.78 is 0.947. The van der Waals surface area contributed by atoms with Gasteiger partial charge in [-0.1, -0.05) is 23.1 Å². The van der Waals surface area contributed by atoms with Crippen LogP contribution in [0.15, 0.2) is 9.85 Å². The maximum Gasteiger partial charge on any atom is 0.174 e. The number of nitrogens with one attached hydrogen (secondary N) is 1. The number of thioether (sulfide) groups is 1. The molecule has 2 aromatic rings. The molecule has 0 saturated heterocycles. The Morgan fingerprint density at radius 2 is 2.54 bits per heavy atom. The zero-order chi connectivity index (χ0) is 9.10. The van der Waals surface area contributed by atoms with E-state index in [2.05, 4.69) is 25.4 Å². The number of H-pyrrole nitrogens is 1. The molecule has 5 nitrogen and oxygen atoms in total. The quantitative estimate of drug-likeness (QED) is 0.777. The lowest BCUT2D eigenvalue weighted by atomic mass is 10.7. The van der Waals surface area contributed by atoms with Gasteiger partial charge in [0.15, 0.2) is 10.2 Å². The van der Waals surface area contributed by atoms with E-state index in [9.17, 15) is 0 Å². The van der Waals surface area contributed by atoms with E-state index in [0.29, 0.717) is 0 Å². The molecule has 68 valence electrons. The highest BCUT2D eigenvalue weighted by atomic mass is 32.2. The van der Waals surface area contributed by atoms with Gasteiger partial charge in [-0.2, -0.15) is 5.10 Å². The molecule has 0 aliphatic carbocycles. The van der Waals surface area contributed by atoms with E-state index in [0.717, 1.165) is 21.7 Å². The Labute approximate surface area is 83.0 Å². The molecular formula is C6H7N5S2. The Hall–Kier alpha value is -0.950. The van der Waals surface area contributed by atoms with Gasteiger partial charge in [-0.15, -0.1) is 10.2 Å². The fourth-order valence-corrected chi connectivity index (χ4v) is 2.15. The zero-order valence-electron chi connectivity index (χ0n) is 6.89. The maximum atomic E-state index is 4.18. The third kappa shape index (κ3) is 2.25. The molecule has 2 heterocycles. The molecule has 0 aromatic carbocycles. The van der Waals surface area contributed by atoms with Crippen LogP contribution in [0.25, 0.3) is 0 Å². The second-order valence-electron chi connectivity index (χ2n) is 2.33. The van der Waals surface area contributed by atoms with Crippen molar-refractivity contribution in [3.63, 3.8) is 0 Å². The fraction of sp³-hybridized carbons (Fsp3) is 0.333. The monoisotopic (exact) mass is 213 g/mol. The summed E-state index contributed by atoms with van der Waals surface area (Å²) in [5.41, 5.74) is 1.71. The first-order valence-corrected chi connectivity index (χ1v) is 5.48. The van der Waals surface area contributed by atoms with Crippen LogP contribution in [0.3, 0.4) is 0 Å². The largest absolute Gasteiger partial charge is 0.263 e. The van der Waals surface area contributed by atoms with Crippen LogP contribution in [0.1, 0.15) is 11.6 Å². The lowest BCUT2D eigenvalue weighted by molar-refractivity contribution is 0.996. The Balaban J connectivity index is 1.93. The Kier molecular flexibility index (Phi) is 2.55. The second kappa shape index (κ2) is 3.84. The third-order valence-electron chi connectivity index (χ3n) is 1.31. The molecule has 0 atom stereocenters. The van der Waals surface area contributed by atoms with Crippen molar-refractivity contribution in [1.82, 2.24) is 25.4 Å². The van der Waals surface area contributed by atoms with Crippen molar-refractivity contribution in [3.8, 4) is 0 Å². The predicted octanol–water partition coefficient (Wildman–Crippen LogP) is 1.26. The van der Waals surface area contributed by atoms with Crippen LogP contribution in [-0.4, -0.2) is 25.4 Å². The Morgan fingerprint density at radius 1 is 1.62 bits per heavy atom. The number of aryl methyl sites for hydroxylation is 1. The van der Waals surface area contributed by atoms with E-state index in [4.69, 9.17) is 0 Å². The van der Waals surface area contributed by atoms with Crippen LogP contribution in [0.4, 0.5) is 0 Å². The molecule has 0 aliphatic rings. The molecule has 0 aliphatic heterocycles.